The van der Waals surface area contributed by atoms with Gasteiger partial charge in [-0.25, -0.2) is 9.59 Å². The molecule has 1 atom stereocenters. The molecule has 0 unspecified atom stereocenters. The summed E-state index contributed by atoms with van der Waals surface area (Å²) in [7, 11) is 2.75. The smallest absolute Gasteiger partial charge is 0.326 e. The summed E-state index contributed by atoms with van der Waals surface area (Å²) in [5.41, 5.74) is 0. The first-order valence-corrected chi connectivity index (χ1v) is 5.94. The molecule has 0 aromatic heterocycles. The summed E-state index contributed by atoms with van der Waals surface area (Å²) >= 11 is 0. The van der Waals surface area contributed by atoms with Crippen LogP contribution < -0.4 is 5.32 Å². The fraction of sp³-hybridized carbons (Fsp3) is 0.636. The average molecular weight is 287 g/mol. The Morgan fingerprint density at radius 1 is 1.40 bits per heavy atom. The Bertz CT molecular complexity index is 424. The number of carbonyl (C=O) groups is 4. The van der Waals surface area contributed by atoms with Crippen molar-refractivity contribution in [2.75, 3.05) is 33.8 Å². The molecule has 112 valence electrons. The van der Waals surface area contributed by atoms with Gasteiger partial charge >= 0.3 is 18.0 Å². The van der Waals surface area contributed by atoms with Crippen molar-refractivity contribution in [1.82, 2.24) is 15.1 Å². The van der Waals surface area contributed by atoms with Gasteiger partial charge in [0, 0.05) is 20.1 Å². The predicted molar refractivity (Wildman–Crippen MR) is 65.8 cm³/mol. The van der Waals surface area contributed by atoms with E-state index in [9.17, 15) is 19.2 Å². The SMILES string of the molecule is COC(=O)C[C@H](NC(=O)N1CCN(C)C(=O)C1)C(=O)O. The molecular weight excluding hydrogens is 270 g/mol. The Balaban J connectivity index is 2.60. The quantitative estimate of drug-likeness (QED) is 0.607. The first-order chi connectivity index (χ1) is 9.35. The third kappa shape index (κ3) is 4.11. The number of urea groups is 1. The molecule has 9 heteroatoms. The zero-order valence-electron chi connectivity index (χ0n) is 11.3. The molecule has 0 radical (unpaired) electrons. The topological polar surface area (TPSA) is 116 Å². The molecular formula is C11H17N3O6. The number of nitrogens with zero attached hydrogens (tertiary/aromatic N) is 2. The molecule has 3 amide bonds. The second-order valence-corrected chi connectivity index (χ2v) is 4.36. The van der Waals surface area contributed by atoms with Gasteiger partial charge in [0.15, 0.2) is 0 Å². The number of nitrogens with one attached hydrogen (secondary N) is 1. The average Bonchev–Trinajstić information content (AvgIpc) is 2.40. The number of likely N-dealkylation sites (N-methyl/N-ethyl adjacent to an activating group) is 1. The summed E-state index contributed by atoms with van der Waals surface area (Å²) in [6, 6.07) is -2.08. The maximum atomic E-state index is 11.9. The minimum Gasteiger partial charge on any atom is -0.480 e. The molecule has 9 nitrogen and oxygen atoms in total. The molecule has 0 spiro atoms. The Hall–Kier alpha value is -2.32. The third-order valence-electron chi connectivity index (χ3n) is 2.94. The normalized spacial score (nSPS) is 16.6. The summed E-state index contributed by atoms with van der Waals surface area (Å²) in [4.78, 5) is 48.1. The predicted octanol–water partition coefficient (Wildman–Crippen LogP) is -1.51. The zero-order valence-corrected chi connectivity index (χ0v) is 11.3. The molecule has 0 aromatic rings. The van der Waals surface area contributed by atoms with Gasteiger partial charge in [-0.3, -0.25) is 9.59 Å². The summed E-state index contributed by atoms with van der Waals surface area (Å²) in [5.74, 6) is -2.32. The summed E-state index contributed by atoms with van der Waals surface area (Å²) in [6.07, 6.45) is -0.473. The van der Waals surface area contributed by atoms with E-state index in [4.69, 9.17) is 5.11 Å². The molecule has 1 heterocycles. The van der Waals surface area contributed by atoms with Crippen LogP contribution in [0.4, 0.5) is 4.79 Å². The van der Waals surface area contributed by atoms with Gasteiger partial charge in [0.1, 0.15) is 12.6 Å². The number of hydrogen-bond donors (Lipinski definition) is 2. The Morgan fingerprint density at radius 3 is 2.55 bits per heavy atom. The maximum Gasteiger partial charge on any atom is 0.326 e. The summed E-state index contributed by atoms with van der Waals surface area (Å²) in [5, 5.41) is 11.1. The van der Waals surface area contributed by atoms with E-state index in [1.54, 1.807) is 7.05 Å². The van der Waals surface area contributed by atoms with Crippen LogP contribution >= 0.6 is 0 Å². The van der Waals surface area contributed by atoms with Gasteiger partial charge in [0.05, 0.1) is 13.5 Å². The first kappa shape index (κ1) is 15.7. The lowest BCUT2D eigenvalue weighted by Crippen LogP contribution is -2.56. The lowest BCUT2D eigenvalue weighted by atomic mass is 10.2. The molecule has 1 saturated heterocycles. The van der Waals surface area contributed by atoms with Crippen LogP contribution in [0.5, 0.6) is 0 Å². The molecule has 20 heavy (non-hydrogen) atoms. The van der Waals surface area contributed by atoms with Crippen LogP contribution in [0, 0.1) is 0 Å². The van der Waals surface area contributed by atoms with Crippen molar-refractivity contribution in [2.24, 2.45) is 0 Å². The lowest BCUT2D eigenvalue weighted by molar-refractivity contribution is -0.147. The lowest BCUT2D eigenvalue weighted by Gasteiger charge is -2.32. The molecule has 0 aliphatic carbocycles. The highest BCUT2D eigenvalue weighted by Crippen LogP contribution is 2.03. The van der Waals surface area contributed by atoms with Crippen LogP contribution in [0.15, 0.2) is 0 Å². The van der Waals surface area contributed by atoms with Gasteiger partial charge < -0.3 is 25.0 Å². The summed E-state index contributed by atoms with van der Waals surface area (Å²) < 4.78 is 4.36. The van der Waals surface area contributed by atoms with Gasteiger partial charge in [0.25, 0.3) is 0 Å². The monoisotopic (exact) mass is 287 g/mol. The van der Waals surface area contributed by atoms with Crippen LogP contribution in [-0.4, -0.2) is 78.6 Å². The van der Waals surface area contributed by atoms with E-state index in [1.165, 1.54) is 9.80 Å². The fourth-order valence-electron chi connectivity index (χ4n) is 1.62. The van der Waals surface area contributed by atoms with E-state index in [0.29, 0.717) is 13.1 Å². The fourth-order valence-corrected chi connectivity index (χ4v) is 1.62. The van der Waals surface area contributed by atoms with Gasteiger partial charge in [-0.15, -0.1) is 0 Å². The minimum atomic E-state index is -1.38. The van der Waals surface area contributed by atoms with Crippen molar-refractivity contribution in [3.8, 4) is 0 Å². The molecule has 0 bridgehead atoms. The number of rotatable bonds is 4. The van der Waals surface area contributed by atoms with E-state index >= 15 is 0 Å². The zero-order chi connectivity index (χ0) is 15.3. The van der Waals surface area contributed by atoms with Gasteiger partial charge in [-0.05, 0) is 0 Å². The van der Waals surface area contributed by atoms with Crippen LogP contribution in [-0.2, 0) is 19.1 Å². The van der Waals surface area contributed by atoms with Crippen LogP contribution in [0.1, 0.15) is 6.42 Å². The number of esters is 1. The number of carboxylic acid groups (broad SMARTS) is 1. The number of carboxylic acids is 1. The number of aliphatic carboxylic acids is 1. The standard InChI is InChI=1S/C11H17N3O6/c1-13-3-4-14(6-8(13)15)11(19)12-7(10(17)18)5-9(16)20-2/h7H,3-6H2,1-2H3,(H,12,19)(H,17,18)/t7-/m0/s1. The van der Waals surface area contributed by atoms with Crippen LogP contribution in [0.2, 0.25) is 0 Å². The second kappa shape index (κ2) is 6.73. The van der Waals surface area contributed by atoms with E-state index in [2.05, 4.69) is 10.1 Å². The molecule has 2 N–H and O–H groups in total. The van der Waals surface area contributed by atoms with Crippen molar-refractivity contribution < 1.29 is 29.0 Å². The maximum absolute atomic E-state index is 11.9. The Kier molecular flexibility index (Phi) is 5.30. The van der Waals surface area contributed by atoms with Crippen LogP contribution in [0.25, 0.3) is 0 Å². The first-order valence-electron chi connectivity index (χ1n) is 5.94. The van der Waals surface area contributed by atoms with Gasteiger partial charge in [0.2, 0.25) is 5.91 Å². The largest absolute Gasteiger partial charge is 0.480 e. The molecule has 0 saturated carbocycles. The van der Waals surface area contributed by atoms with Gasteiger partial charge in [-0.1, -0.05) is 0 Å². The third-order valence-corrected chi connectivity index (χ3v) is 2.94. The van der Waals surface area contributed by atoms with E-state index < -0.39 is 30.4 Å². The second-order valence-electron chi connectivity index (χ2n) is 4.36. The van der Waals surface area contributed by atoms with Crippen molar-refractivity contribution in [2.45, 2.75) is 12.5 Å². The molecule has 1 aliphatic rings. The van der Waals surface area contributed by atoms with E-state index in [-0.39, 0.29) is 12.5 Å². The molecule has 1 rings (SSSR count). The van der Waals surface area contributed by atoms with Crippen molar-refractivity contribution in [1.29, 1.82) is 0 Å². The number of carbonyl (C=O) groups excluding carboxylic acids is 3. The highest BCUT2D eigenvalue weighted by molar-refractivity contribution is 5.89. The van der Waals surface area contributed by atoms with Crippen LogP contribution in [0.3, 0.4) is 0 Å². The molecule has 1 aliphatic heterocycles. The minimum absolute atomic E-state index is 0.118. The van der Waals surface area contributed by atoms with E-state index in [0.717, 1.165) is 7.11 Å². The van der Waals surface area contributed by atoms with E-state index in [1.807, 2.05) is 0 Å². The van der Waals surface area contributed by atoms with Crippen molar-refractivity contribution in [3.05, 3.63) is 0 Å². The number of ether oxygens (including phenoxy) is 1. The number of methoxy groups -OCH3 is 1. The highest BCUT2D eigenvalue weighted by atomic mass is 16.5. The number of hydrogen-bond acceptors (Lipinski definition) is 5. The summed E-state index contributed by atoms with van der Waals surface area (Å²) in [6.45, 7) is 0.562. The van der Waals surface area contributed by atoms with Gasteiger partial charge in [-0.2, -0.15) is 0 Å². The molecule has 0 aromatic carbocycles. The number of amides is 3. The Morgan fingerprint density at radius 2 is 2.05 bits per heavy atom. The Labute approximate surface area is 115 Å². The number of piperazine rings is 1. The van der Waals surface area contributed by atoms with Crippen molar-refractivity contribution >= 4 is 23.9 Å². The van der Waals surface area contributed by atoms with Crippen molar-refractivity contribution in [3.63, 3.8) is 0 Å². The molecule has 1 fully saturated rings. The highest BCUT2D eigenvalue weighted by Gasteiger charge is 2.29.